The first-order chi connectivity index (χ1) is 38.5. The van der Waals surface area contributed by atoms with Crippen molar-refractivity contribution >= 4 is 70.4 Å². The number of esters is 3. The van der Waals surface area contributed by atoms with Gasteiger partial charge >= 0.3 is 70.4 Å². The van der Waals surface area contributed by atoms with E-state index in [4.69, 9.17) is 63.8 Å². The van der Waals surface area contributed by atoms with Crippen molar-refractivity contribution in [3.05, 3.63) is 38.0 Å². The van der Waals surface area contributed by atoms with Crippen LogP contribution >= 0.6 is 0 Å². The van der Waals surface area contributed by atoms with Crippen LogP contribution in [-0.2, 0) is 78.2 Å². The monoisotopic (exact) mass is 1250 g/mol. The Hall–Kier alpha value is -4.01. The molecule has 83 heavy (non-hydrogen) atoms. The Kier molecular flexibility index (Phi) is 25.9. The number of rotatable bonds is 31. The van der Waals surface area contributed by atoms with Crippen molar-refractivity contribution in [2.24, 2.45) is 0 Å². The molecule has 4 rings (SSSR count). The highest BCUT2D eigenvalue weighted by Gasteiger charge is 2.59. The summed E-state index contributed by atoms with van der Waals surface area (Å²) in [5.74, 6) is -1.76. The van der Waals surface area contributed by atoms with Gasteiger partial charge in [-0.3, -0.25) is 0 Å². The third kappa shape index (κ3) is 23.0. The van der Waals surface area contributed by atoms with E-state index in [1.54, 1.807) is 7.11 Å². The van der Waals surface area contributed by atoms with Crippen LogP contribution in [0, 0.1) is 0 Å². The molecule has 23 nitrogen and oxygen atoms in total. The topological polar surface area (TPSA) is 268 Å². The fourth-order valence-corrected chi connectivity index (χ4v) is 34.9. The van der Waals surface area contributed by atoms with E-state index < -0.39 is 122 Å². The number of methoxy groups -OCH3 is 1. The molecule has 3 amide bonds. The van der Waals surface area contributed by atoms with Crippen molar-refractivity contribution in [2.45, 2.75) is 229 Å². The first-order valence-corrected chi connectivity index (χ1v) is 39.2. The molecule has 4 heterocycles. The molecule has 0 aromatic rings. The molecule has 0 bridgehead atoms. The Morgan fingerprint density at radius 2 is 0.747 bits per heavy atom. The van der Waals surface area contributed by atoms with Gasteiger partial charge in [0.05, 0.1) is 54.7 Å². The standard InChI is InChI=1S/C56H99N3O20Si4/c1-18-45(60)67-35-31-57-48(63)73-51(4,5)42-22-25-54(10,70-42)28-39-81(15)76-80(14,38-21-34-66-13)77-82(16,40-29-55(11)26-23-43(71-55)52(6,7)74-49(64)58-32-36-68-46(61)19-2)79-83(17,78-81)41-30-56(12)27-24-44(72-56)53(8,9)75-50(65)59-33-37-69-47(62)20-3/h18-20,42-44H,1-3,21-41H2,4-17H3,(H,57,63)(H,58,64)(H,59,65). The summed E-state index contributed by atoms with van der Waals surface area (Å²) < 4.78 is 89.2. The van der Waals surface area contributed by atoms with Gasteiger partial charge in [-0.2, -0.15) is 0 Å². The summed E-state index contributed by atoms with van der Waals surface area (Å²) in [7, 11) is -11.3. The van der Waals surface area contributed by atoms with Crippen LogP contribution in [0.2, 0.25) is 50.4 Å². The predicted octanol–water partition coefficient (Wildman–Crippen LogP) is 9.08. The quantitative estimate of drug-likeness (QED) is 0.0192. The molecule has 8 atom stereocenters. The van der Waals surface area contributed by atoms with Crippen LogP contribution < -0.4 is 16.0 Å². The molecular formula is C56H99N3O20Si4. The Bertz CT molecular complexity index is 2160. The van der Waals surface area contributed by atoms with E-state index in [2.05, 4.69) is 82.6 Å². The second-order valence-electron chi connectivity index (χ2n) is 25.2. The molecule has 0 aliphatic carbocycles. The van der Waals surface area contributed by atoms with Gasteiger partial charge in [0, 0.05) is 31.9 Å². The van der Waals surface area contributed by atoms with Gasteiger partial charge in [0.2, 0.25) is 0 Å². The van der Waals surface area contributed by atoms with Gasteiger partial charge in [-0.1, -0.05) is 19.7 Å². The molecule has 0 radical (unpaired) electrons. The van der Waals surface area contributed by atoms with Crippen LogP contribution in [0.4, 0.5) is 14.4 Å². The predicted molar refractivity (Wildman–Crippen MR) is 317 cm³/mol. The number of alkyl carbamates (subject to hydrolysis) is 3. The van der Waals surface area contributed by atoms with E-state index in [9.17, 15) is 28.8 Å². The minimum Gasteiger partial charge on any atom is -0.461 e. The highest BCUT2D eigenvalue weighted by atomic mass is 28.5. The molecule has 8 unspecified atom stereocenters. The molecule has 27 heteroatoms. The Morgan fingerprint density at radius 3 is 1.00 bits per heavy atom. The maximum atomic E-state index is 12.9. The maximum absolute atomic E-state index is 12.9. The van der Waals surface area contributed by atoms with Crippen molar-refractivity contribution in [3.8, 4) is 0 Å². The van der Waals surface area contributed by atoms with Crippen molar-refractivity contribution in [2.75, 3.05) is 53.2 Å². The minimum absolute atomic E-state index is 0.0293. The fraction of sp³-hybridized carbons (Fsp3) is 0.786. The molecule has 4 aliphatic rings. The van der Waals surface area contributed by atoms with Crippen molar-refractivity contribution in [3.63, 3.8) is 0 Å². The Labute approximate surface area is 496 Å². The van der Waals surface area contributed by atoms with Crippen LogP contribution in [0.25, 0.3) is 0 Å². The normalized spacial score (nSPS) is 31.1. The van der Waals surface area contributed by atoms with Crippen molar-refractivity contribution < 1.29 is 92.6 Å². The first-order valence-electron chi connectivity index (χ1n) is 29.1. The van der Waals surface area contributed by atoms with Gasteiger partial charge < -0.3 is 79.8 Å². The summed E-state index contributed by atoms with van der Waals surface area (Å²) in [5.41, 5.74) is -4.87. The second kappa shape index (κ2) is 30.1. The first kappa shape index (κ1) is 71.5. The third-order valence-electron chi connectivity index (χ3n) is 15.9. The highest BCUT2D eigenvalue weighted by Crippen LogP contribution is 2.47. The molecule has 0 spiro atoms. The van der Waals surface area contributed by atoms with E-state index in [0.717, 1.165) is 18.2 Å². The van der Waals surface area contributed by atoms with E-state index in [-0.39, 0.29) is 39.5 Å². The van der Waals surface area contributed by atoms with Crippen LogP contribution in [0.1, 0.15) is 127 Å². The van der Waals surface area contributed by atoms with Crippen LogP contribution in [0.15, 0.2) is 38.0 Å². The van der Waals surface area contributed by atoms with Crippen LogP contribution in [0.3, 0.4) is 0 Å². The summed E-state index contributed by atoms with van der Waals surface area (Å²) >= 11 is 0. The number of hydrogen-bond donors (Lipinski definition) is 3. The molecule has 4 fully saturated rings. The average molecular weight is 1250 g/mol. The zero-order valence-corrected chi connectivity index (χ0v) is 56.1. The van der Waals surface area contributed by atoms with E-state index in [1.807, 2.05) is 41.5 Å². The van der Waals surface area contributed by atoms with E-state index >= 15 is 0 Å². The largest absolute Gasteiger partial charge is 0.461 e. The zero-order chi connectivity index (χ0) is 62.2. The number of nitrogens with one attached hydrogen (secondary N) is 3. The van der Waals surface area contributed by atoms with Gasteiger partial charge in [-0.25, -0.2) is 28.8 Å². The molecular weight excluding hydrogens is 1150 g/mol. The average Bonchev–Trinajstić information content (AvgIpc) is 4.26. The van der Waals surface area contributed by atoms with E-state index in [0.29, 0.717) is 95.0 Å². The zero-order valence-electron chi connectivity index (χ0n) is 52.1. The fourth-order valence-electron chi connectivity index (χ4n) is 11.2. The number of carbonyl (C=O) groups is 6. The van der Waals surface area contributed by atoms with Gasteiger partial charge in [-0.05, 0) is 177 Å². The summed E-state index contributed by atoms with van der Waals surface area (Å²) in [6, 6.07) is 2.26. The van der Waals surface area contributed by atoms with Crippen molar-refractivity contribution in [1.82, 2.24) is 16.0 Å². The molecule has 3 N–H and O–H groups in total. The summed E-state index contributed by atoms with van der Waals surface area (Å²) in [6.45, 7) is 36.4. The Balaban J connectivity index is 1.58. The SMILES string of the molecule is C=CC(=O)OCCNC(=O)OC(C)(C)C1CCC(C)(CC[Si]2(C)O[Si](C)(CCCOC)O[Si](C)(CCC3(C)CCC(C(C)(C)OC(=O)NCCOC(=O)C=C)O3)O[Si](C)(CCC3(C)CCC(C(C)(C)OC(=O)NCCOC(=O)C=C)O3)O2)O1. The van der Waals surface area contributed by atoms with Gasteiger partial charge in [0.25, 0.3) is 0 Å². The lowest BCUT2D eigenvalue weighted by Crippen LogP contribution is -2.67. The van der Waals surface area contributed by atoms with Gasteiger partial charge in [0.15, 0.2) is 0 Å². The van der Waals surface area contributed by atoms with Crippen LogP contribution in [-0.4, -0.2) is 176 Å². The van der Waals surface area contributed by atoms with Crippen molar-refractivity contribution in [1.29, 1.82) is 0 Å². The second-order valence-corrected chi connectivity index (χ2v) is 39.5. The molecule has 0 aromatic heterocycles. The third-order valence-corrected chi connectivity index (χ3v) is 34.4. The summed E-state index contributed by atoms with van der Waals surface area (Å²) in [5, 5.41) is 7.91. The lowest BCUT2D eigenvalue weighted by Gasteiger charge is -2.51. The summed E-state index contributed by atoms with van der Waals surface area (Å²) in [6.07, 6.45) is 6.33. The molecule has 0 aromatic carbocycles. The van der Waals surface area contributed by atoms with E-state index in [1.165, 1.54) is 0 Å². The number of ether oxygens (including phenoxy) is 10. The maximum Gasteiger partial charge on any atom is 0.407 e. The summed E-state index contributed by atoms with van der Waals surface area (Å²) in [4.78, 5) is 73.1. The number of amides is 3. The molecule has 4 saturated heterocycles. The van der Waals surface area contributed by atoms with Gasteiger partial charge in [0.1, 0.15) is 36.6 Å². The molecule has 474 valence electrons. The number of carbonyl (C=O) groups excluding carboxylic acids is 6. The smallest absolute Gasteiger partial charge is 0.407 e. The highest BCUT2D eigenvalue weighted by molar-refractivity contribution is 6.94. The number of hydrogen-bond acceptors (Lipinski definition) is 20. The Morgan fingerprint density at radius 1 is 0.482 bits per heavy atom. The molecule has 4 aliphatic heterocycles. The molecule has 0 saturated carbocycles. The van der Waals surface area contributed by atoms with Gasteiger partial charge in [-0.15, -0.1) is 0 Å². The van der Waals surface area contributed by atoms with Crippen LogP contribution in [0.5, 0.6) is 0 Å². The lowest BCUT2D eigenvalue weighted by atomic mass is 9.95. The minimum atomic E-state index is -3.32. The lowest BCUT2D eigenvalue weighted by molar-refractivity contribution is -0.138.